The molecule has 140 valence electrons. The van der Waals surface area contributed by atoms with Gasteiger partial charge in [0.05, 0.1) is 5.69 Å². The number of nitrogens with zero attached hydrogens (tertiary/aromatic N) is 6. The van der Waals surface area contributed by atoms with Crippen molar-refractivity contribution in [1.82, 2.24) is 29.5 Å². The molecule has 2 aromatic rings. The molecule has 3 rings (SSSR count). The van der Waals surface area contributed by atoms with Crippen molar-refractivity contribution < 1.29 is 4.79 Å². The van der Waals surface area contributed by atoms with Crippen molar-refractivity contribution in [2.45, 2.75) is 45.7 Å². The Hall–Kier alpha value is -2.28. The van der Waals surface area contributed by atoms with E-state index < -0.39 is 0 Å². The van der Waals surface area contributed by atoms with E-state index in [1.165, 1.54) is 0 Å². The number of carbonyl (C=O) groups is 1. The average molecular weight is 356 g/mol. The fourth-order valence-corrected chi connectivity index (χ4v) is 3.43. The quantitative estimate of drug-likeness (QED) is 0.791. The van der Waals surface area contributed by atoms with Gasteiger partial charge < -0.3 is 4.90 Å². The number of rotatable bonds is 6. The van der Waals surface area contributed by atoms with Gasteiger partial charge in [0.15, 0.2) is 0 Å². The Morgan fingerprint density at radius 3 is 2.81 bits per heavy atom. The third kappa shape index (κ3) is 4.46. The minimum atomic E-state index is -0.203. The molecule has 0 aliphatic carbocycles. The maximum atomic E-state index is 13.0. The van der Waals surface area contributed by atoms with Gasteiger partial charge in [-0.3, -0.25) is 14.4 Å². The molecule has 0 N–H and O–H groups in total. The minimum absolute atomic E-state index is 0.174. The molecule has 0 bridgehead atoms. The number of aromatic nitrogens is 4. The van der Waals surface area contributed by atoms with Crippen LogP contribution in [-0.4, -0.2) is 61.6 Å². The zero-order chi connectivity index (χ0) is 18.4. The minimum Gasteiger partial charge on any atom is -0.340 e. The van der Waals surface area contributed by atoms with Crippen LogP contribution >= 0.6 is 0 Å². The summed E-state index contributed by atoms with van der Waals surface area (Å²) in [6, 6.07) is 3.65. The third-order valence-corrected chi connectivity index (χ3v) is 4.88. The van der Waals surface area contributed by atoms with Crippen molar-refractivity contribution in [3.8, 4) is 0 Å². The molecule has 1 unspecified atom stereocenters. The highest BCUT2D eigenvalue weighted by molar-refractivity contribution is 5.80. The van der Waals surface area contributed by atoms with Crippen molar-refractivity contribution in [3.63, 3.8) is 0 Å². The van der Waals surface area contributed by atoms with Gasteiger partial charge >= 0.3 is 0 Å². The van der Waals surface area contributed by atoms with Crippen molar-refractivity contribution in [3.05, 3.63) is 42.2 Å². The highest BCUT2D eigenvalue weighted by atomic mass is 16.2. The second-order valence-corrected chi connectivity index (χ2v) is 6.68. The molecule has 1 saturated heterocycles. The lowest BCUT2D eigenvalue weighted by Gasteiger charge is -2.26. The zero-order valence-electron chi connectivity index (χ0n) is 15.7. The van der Waals surface area contributed by atoms with E-state index in [4.69, 9.17) is 0 Å². The van der Waals surface area contributed by atoms with Crippen LogP contribution in [0.2, 0.25) is 0 Å². The van der Waals surface area contributed by atoms with Gasteiger partial charge in [-0.15, -0.1) is 0 Å². The van der Waals surface area contributed by atoms with E-state index in [0.29, 0.717) is 0 Å². The molecule has 1 amide bonds. The first-order valence-electron chi connectivity index (χ1n) is 9.52. The van der Waals surface area contributed by atoms with E-state index in [1.807, 2.05) is 36.4 Å². The summed E-state index contributed by atoms with van der Waals surface area (Å²) in [5.74, 6) is 1.06. The SMILES string of the molecule is CCc1nccc(CN2CCCN(C(=O)C(CC)n3cccn3)CC2)n1. The molecular formula is C19H28N6O. The monoisotopic (exact) mass is 356 g/mol. The lowest BCUT2D eigenvalue weighted by molar-refractivity contribution is -0.135. The van der Waals surface area contributed by atoms with Crippen LogP contribution in [0.1, 0.15) is 44.2 Å². The lowest BCUT2D eigenvalue weighted by atomic mass is 10.2. The molecule has 7 nitrogen and oxygen atoms in total. The van der Waals surface area contributed by atoms with E-state index >= 15 is 0 Å². The third-order valence-electron chi connectivity index (χ3n) is 4.88. The highest BCUT2D eigenvalue weighted by Crippen LogP contribution is 2.16. The van der Waals surface area contributed by atoms with Crippen LogP contribution in [-0.2, 0) is 17.8 Å². The predicted molar refractivity (Wildman–Crippen MR) is 99.4 cm³/mol. The van der Waals surface area contributed by atoms with Gasteiger partial charge in [-0.25, -0.2) is 9.97 Å². The first-order chi connectivity index (χ1) is 12.7. The second-order valence-electron chi connectivity index (χ2n) is 6.68. The van der Waals surface area contributed by atoms with Gasteiger partial charge in [0, 0.05) is 57.7 Å². The van der Waals surface area contributed by atoms with Crippen molar-refractivity contribution in [1.29, 1.82) is 0 Å². The molecule has 7 heteroatoms. The molecule has 2 aromatic heterocycles. The van der Waals surface area contributed by atoms with Crippen molar-refractivity contribution in [2.24, 2.45) is 0 Å². The topological polar surface area (TPSA) is 67.2 Å². The Morgan fingerprint density at radius 1 is 1.19 bits per heavy atom. The molecule has 0 spiro atoms. The van der Waals surface area contributed by atoms with Crippen LogP contribution in [0.4, 0.5) is 0 Å². The molecule has 3 heterocycles. The van der Waals surface area contributed by atoms with Crippen molar-refractivity contribution in [2.75, 3.05) is 26.2 Å². The summed E-state index contributed by atoms with van der Waals surface area (Å²) in [4.78, 5) is 26.2. The molecule has 0 radical (unpaired) electrons. The normalized spacial score (nSPS) is 17.1. The summed E-state index contributed by atoms with van der Waals surface area (Å²) < 4.78 is 1.78. The lowest BCUT2D eigenvalue weighted by Crippen LogP contribution is -2.39. The number of hydrogen-bond acceptors (Lipinski definition) is 5. The maximum Gasteiger partial charge on any atom is 0.247 e. The van der Waals surface area contributed by atoms with Crippen LogP contribution in [0.3, 0.4) is 0 Å². The Balaban J connectivity index is 1.59. The standard InChI is InChI=1S/C19H28N6O/c1-3-17(25-12-5-8-21-25)19(26)24-11-6-10-23(13-14-24)15-16-7-9-20-18(4-2)22-16/h5,7-9,12,17H,3-4,6,10-11,13-15H2,1-2H3. The summed E-state index contributed by atoms with van der Waals surface area (Å²) in [6.07, 6.45) is 8.02. The van der Waals surface area contributed by atoms with Crippen LogP contribution in [0.25, 0.3) is 0 Å². The van der Waals surface area contributed by atoms with Gasteiger partial charge in [0.25, 0.3) is 0 Å². The van der Waals surface area contributed by atoms with Crippen LogP contribution < -0.4 is 0 Å². The summed E-state index contributed by atoms with van der Waals surface area (Å²) in [5, 5.41) is 4.26. The summed E-state index contributed by atoms with van der Waals surface area (Å²) in [6.45, 7) is 8.32. The molecule has 0 aromatic carbocycles. The fourth-order valence-electron chi connectivity index (χ4n) is 3.43. The molecule has 26 heavy (non-hydrogen) atoms. The summed E-state index contributed by atoms with van der Waals surface area (Å²) in [5.41, 5.74) is 1.06. The van der Waals surface area contributed by atoms with Gasteiger partial charge in [0.1, 0.15) is 11.9 Å². The largest absolute Gasteiger partial charge is 0.340 e. The van der Waals surface area contributed by atoms with E-state index in [0.717, 1.165) is 63.5 Å². The van der Waals surface area contributed by atoms with Gasteiger partial charge in [-0.2, -0.15) is 5.10 Å². The number of aryl methyl sites for hydroxylation is 1. The van der Waals surface area contributed by atoms with Crippen LogP contribution in [0.5, 0.6) is 0 Å². The van der Waals surface area contributed by atoms with Crippen LogP contribution in [0, 0.1) is 0 Å². The van der Waals surface area contributed by atoms with E-state index in [9.17, 15) is 4.79 Å². The van der Waals surface area contributed by atoms with E-state index in [1.54, 1.807) is 10.9 Å². The smallest absolute Gasteiger partial charge is 0.247 e. The predicted octanol–water partition coefficient (Wildman–Crippen LogP) is 1.92. The fraction of sp³-hybridized carbons (Fsp3) is 0.579. The zero-order valence-corrected chi connectivity index (χ0v) is 15.7. The molecule has 1 aliphatic heterocycles. The van der Waals surface area contributed by atoms with E-state index in [2.05, 4.69) is 26.9 Å². The van der Waals surface area contributed by atoms with Gasteiger partial charge in [-0.1, -0.05) is 13.8 Å². The summed E-state index contributed by atoms with van der Waals surface area (Å²) >= 11 is 0. The molecule has 1 atom stereocenters. The molecule has 0 saturated carbocycles. The highest BCUT2D eigenvalue weighted by Gasteiger charge is 2.26. The maximum absolute atomic E-state index is 13.0. The number of amides is 1. The van der Waals surface area contributed by atoms with Gasteiger partial charge in [-0.05, 0) is 25.0 Å². The van der Waals surface area contributed by atoms with E-state index in [-0.39, 0.29) is 11.9 Å². The molecule has 1 aliphatic rings. The van der Waals surface area contributed by atoms with Crippen molar-refractivity contribution >= 4 is 5.91 Å². The van der Waals surface area contributed by atoms with Gasteiger partial charge in [0.2, 0.25) is 5.91 Å². The number of carbonyl (C=O) groups excluding carboxylic acids is 1. The molecule has 1 fully saturated rings. The Bertz CT molecular complexity index is 702. The second kappa shape index (κ2) is 8.89. The van der Waals surface area contributed by atoms with Crippen LogP contribution in [0.15, 0.2) is 30.7 Å². The molecular weight excluding hydrogens is 328 g/mol. The Morgan fingerprint density at radius 2 is 2.08 bits per heavy atom. The Kier molecular flexibility index (Phi) is 6.33. The number of hydrogen-bond donors (Lipinski definition) is 0. The summed E-state index contributed by atoms with van der Waals surface area (Å²) in [7, 11) is 0. The Labute approximate surface area is 155 Å². The first kappa shape index (κ1) is 18.5. The average Bonchev–Trinajstić information content (AvgIpc) is 3.09. The first-order valence-corrected chi connectivity index (χ1v) is 9.52.